The molecule has 6 rings (SSSR count). The first-order chi connectivity index (χ1) is 18.6. The van der Waals surface area contributed by atoms with Gasteiger partial charge in [-0.05, 0) is 75.6 Å². The second-order valence-electron chi connectivity index (χ2n) is 11.6. The first-order valence-electron chi connectivity index (χ1n) is 13.2. The summed E-state index contributed by atoms with van der Waals surface area (Å²) >= 11 is 12.7. The monoisotopic (exact) mass is 582 g/mol. The van der Waals surface area contributed by atoms with Crippen molar-refractivity contribution in [3.63, 3.8) is 0 Å². The molecule has 0 bridgehead atoms. The van der Waals surface area contributed by atoms with Crippen molar-refractivity contribution in [2.24, 2.45) is 5.41 Å². The molecular weight excluding hydrogens is 551 g/mol. The highest BCUT2D eigenvalue weighted by Gasteiger charge is 2.49. The smallest absolute Gasteiger partial charge is 0.227 e. The Morgan fingerprint density at radius 1 is 1.05 bits per heavy atom. The maximum atomic E-state index is 13.2. The highest BCUT2D eigenvalue weighted by molar-refractivity contribution is 7.84. The number of halogens is 2. The molecule has 1 fully saturated rings. The van der Waals surface area contributed by atoms with Gasteiger partial charge < -0.3 is 4.90 Å². The number of hydrogen-bond donors (Lipinski definition) is 1. The number of benzene rings is 2. The van der Waals surface area contributed by atoms with Crippen LogP contribution in [0.4, 0.5) is 5.95 Å². The topological polar surface area (TPSA) is 75.9 Å². The third-order valence-electron chi connectivity index (χ3n) is 8.08. The van der Waals surface area contributed by atoms with Gasteiger partial charge in [-0.15, -0.1) is 5.10 Å². The maximum absolute atomic E-state index is 13.2. The number of aromatic nitrogens is 4. The fourth-order valence-electron chi connectivity index (χ4n) is 5.84. The van der Waals surface area contributed by atoms with E-state index in [0.29, 0.717) is 27.3 Å². The van der Waals surface area contributed by atoms with Crippen LogP contribution in [0.1, 0.15) is 56.5 Å². The van der Waals surface area contributed by atoms with Gasteiger partial charge in [-0.3, -0.25) is 0 Å². The molecule has 1 saturated heterocycles. The molecule has 7 nitrogen and oxygen atoms in total. The minimum absolute atomic E-state index is 0.00511. The van der Waals surface area contributed by atoms with E-state index in [1.165, 1.54) is 11.1 Å². The number of nitrogens with one attached hydrogen (secondary N) is 1. The summed E-state index contributed by atoms with van der Waals surface area (Å²) in [5, 5.41) is 6.53. The quantitative estimate of drug-likeness (QED) is 0.302. The molecule has 4 aromatic rings. The van der Waals surface area contributed by atoms with Gasteiger partial charge in [0.1, 0.15) is 0 Å². The van der Waals surface area contributed by atoms with E-state index in [0.717, 1.165) is 43.4 Å². The summed E-state index contributed by atoms with van der Waals surface area (Å²) in [7, 11) is -1.16. The molecule has 204 valence electrons. The van der Waals surface area contributed by atoms with Crippen LogP contribution in [0.15, 0.2) is 48.7 Å². The van der Waals surface area contributed by atoms with Crippen LogP contribution in [0.3, 0.4) is 0 Å². The summed E-state index contributed by atoms with van der Waals surface area (Å²) in [5.74, 6) is 0.690. The Bertz CT molecular complexity index is 1590. The van der Waals surface area contributed by atoms with Crippen LogP contribution >= 0.6 is 23.2 Å². The maximum Gasteiger partial charge on any atom is 0.227 e. The Balaban J connectivity index is 1.27. The summed E-state index contributed by atoms with van der Waals surface area (Å²) in [5.41, 5.74) is 4.84. The standard InChI is InChI=1S/C29H32Cl2N6OS/c1-18-21-17-37(23-11-7-10-22(30)24(23)31)34-26(21)33-27(32-18)36-14-12-29(13-15-36)16-19-8-5-6-9-20(19)25(29)35-39(38)28(2,3)4/h5-11,17,25,35H,12-16H2,1-4H3/t25-,39?/m1/s1. The number of hydrogen-bond acceptors (Lipinski definition) is 5. The van der Waals surface area contributed by atoms with Crippen LogP contribution < -0.4 is 9.62 Å². The average Bonchev–Trinajstić information content (AvgIpc) is 3.45. The predicted octanol–water partition coefficient (Wildman–Crippen LogP) is 6.37. The lowest BCUT2D eigenvalue weighted by Crippen LogP contribution is -2.48. The molecule has 1 aliphatic carbocycles. The van der Waals surface area contributed by atoms with Crippen molar-refractivity contribution in [3.05, 3.63) is 75.5 Å². The molecule has 10 heteroatoms. The van der Waals surface area contributed by atoms with Gasteiger partial charge >= 0.3 is 0 Å². The lowest BCUT2D eigenvalue weighted by atomic mass is 9.73. The molecule has 3 heterocycles. The molecule has 2 atom stereocenters. The predicted molar refractivity (Wildman–Crippen MR) is 159 cm³/mol. The minimum Gasteiger partial charge on any atom is -0.341 e. The highest BCUT2D eigenvalue weighted by atomic mass is 35.5. The summed E-state index contributed by atoms with van der Waals surface area (Å²) < 4.78 is 18.1. The van der Waals surface area contributed by atoms with Gasteiger partial charge in [-0.25, -0.2) is 18.6 Å². The molecule has 1 N–H and O–H groups in total. The van der Waals surface area contributed by atoms with Crippen LogP contribution in [-0.2, 0) is 17.4 Å². The van der Waals surface area contributed by atoms with Crippen molar-refractivity contribution in [2.75, 3.05) is 18.0 Å². The van der Waals surface area contributed by atoms with E-state index >= 15 is 0 Å². The largest absolute Gasteiger partial charge is 0.341 e. The van der Waals surface area contributed by atoms with E-state index in [9.17, 15) is 4.21 Å². The normalized spacial score (nSPS) is 19.5. The molecule has 39 heavy (non-hydrogen) atoms. The first kappa shape index (κ1) is 26.7. The summed E-state index contributed by atoms with van der Waals surface area (Å²) in [6.07, 6.45) is 4.79. The lowest BCUT2D eigenvalue weighted by Gasteiger charge is -2.44. The van der Waals surface area contributed by atoms with E-state index in [1.54, 1.807) is 10.7 Å². The summed E-state index contributed by atoms with van der Waals surface area (Å²) in [6.45, 7) is 9.68. The van der Waals surface area contributed by atoms with Crippen LogP contribution in [0.2, 0.25) is 10.0 Å². The van der Waals surface area contributed by atoms with Gasteiger partial charge in [0.05, 0.1) is 48.6 Å². The summed E-state index contributed by atoms with van der Waals surface area (Å²) in [6, 6.07) is 14.1. The number of anilines is 1. The van der Waals surface area contributed by atoms with Crippen LogP contribution in [0.25, 0.3) is 16.7 Å². The van der Waals surface area contributed by atoms with Gasteiger partial charge in [0.25, 0.3) is 0 Å². The third-order valence-corrected chi connectivity index (χ3v) is 10.5. The van der Waals surface area contributed by atoms with Crippen molar-refractivity contribution in [1.82, 2.24) is 24.5 Å². The fourth-order valence-corrected chi connectivity index (χ4v) is 7.17. The molecule has 0 saturated carbocycles. The number of piperidine rings is 1. The van der Waals surface area contributed by atoms with Gasteiger partial charge in [-0.1, -0.05) is 53.5 Å². The first-order valence-corrected chi connectivity index (χ1v) is 15.2. The molecule has 2 aliphatic rings. The third kappa shape index (κ3) is 4.75. The minimum atomic E-state index is -1.16. The second kappa shape index (κ2) is 9.84. The van der Waals surface area contributed by atoms with Gasteiger partial charge in [0, 0.05) is 19.3 Å². The van der Waals surface area contributed by atoms with Gasteiger partial charge in [0.15, 0.2) is 5.65 Å². The fraction of sp³-hybridized carbons (Fsp3) is 0.414. The Kier molecular flexibility index (Phi) is 6.73. The van der Waals surface area contributed by atoms with Crippen molar-refractivity contribution in [1.29, 1.82) is 0 Å². The summed E-state index contributed by atoms with van der Waals surface area (Å²) in [4.78, 5) is 12.0. The SMILES string of the molecule is Cc1nc(N2CCC3(CC2)Cc2ccccc2[C@H]3NS(=O)C(C)(C)C)nc2nn(-c3cccc(Cl)c3Cl)cc12. The zero-order valence-corrected chi connectivity index (χ0v) is 24.9. The van der Waals surface area contributed by atoms with Crippen LogP contribution in [0.5, 0.6) is 0 Å². The van der Waals surface area contributed by atoms with Gasteiger partial charge in [-0.2, -0.15) is 4.98 Å². The number of rotatable bonds is 4. The van der Waals surface area contributed by atoms with E-state index < -0.39 is 11.0 Å². The van der Waals surface area contributed by atoms with Crippen molar-refractivity contribution in [2.45, 2.75) is 57.7 Å². The molecule has 1 unspecified atom stereocenters. The molecule has 1 spiro atoms. The zero-order chi connectivity index (χ0) is 27.5. The van der Waals surface area contributed by atoms with E-state index in [4.69, 9.17) is 38.3 Å². The second-order valence-corrected chi connectivity index (χ2v) is 14.4. The van der Waals surface area contributed by atoms with Crippen molar-refractivity contribution < 1.29 is 4.21 Å². The van der Waals surface area contributed by atoms with Crippen LogP contribution in [-0.4, -0.2) is 41.8 Å². The van der Waals surface area contributed by atoms with Crippen LogP contribution in [0, 0.1) is 12.3 Å². The highest BCUT2D eigenvalue weighted by Crippen LogP contribution is 2.52. The average molecular weight is 584 g/mol. The number of aryl methyl sites for hydroxylation is 1. The Morgan fingerprint density at radius 2 is 1.79 bits per heavy atom. The Hall–Kier alpha value is -2.52. The Morgan fingerprint density at radius 3 is 2.54 bits per heavy atom. The molecular formula is C29H32Cl2N6OS. The molecule has 2 aromatic carbocycles. The van der Waals surface area contributed by atoms with Crippen molar-refractivity contribution in [3.8, 4) is 5.69 Å². The molecule has 0 amide bonds. The molecule has 1 aliphatic heterocycles. The van der Waals surface area contributed by atoms with Crippen molar-refractivity contribution >= 4 is 51.2 Å². The zero-order valence-electron chi connectivity index (χ0n) is 22.5. The Labute approximate surface area is 241 Å². The van der Waals surface area contributed by atoms with E-state index in [-0.39, 0.29) is 16.2 Å². The number of nitrogens with zero attached hydrogens (tertiary/aromatic N) is 5. The molecule has 0 radical (unpaired) electrons. The lowest BCUT2D eigenvalue weighted by molar-refractivity contribution is 0.177. The van der Waals surface area contributed by atoms with E-state index in [1.807, 2.05) is 46.0 Å². The van der Waals surface area contributed by atoms with Gasteiger partial charge in [0.2, 0.25) is 5.95 Å². The molecule has 2 aromatic heterocycles. The number of fused-ring (bicyclic) bond motifs is 2. The van der Waals surface area contributed by atoms with E-state index in [2.05, 4.69) is 33.9 Å².